The smallest absolute Gasteiger partial charge is 0.251 e. The summed E-state index contributed by atoms with van der Waals surface area (Å²) in [5.41, 5.74) is 1.10. The summed E-state index contributed by atoms with van der Waals surface area (Å²) < 4.78 is 0. The third-order valence-corrected chi connectivity index (χ3v) is 2.32. The Morgan fingerprint density at radius 1 is 1.50 bits per heavy atom. The van der Waals surface area contributed by atoms with Gasteiger partial charge in [-0.2, -0.15) is 5.26 Å². The zero-order valence-electron chi connectivity index (χ0n) is 9.03. The highest BCUT2D eigenvalue weighted by Gasteiger charge is 2.05. The Labute approximate surface area is 100 Å². The van der Waals surface area contributed by atoms with Gasteiger partial charge < -0.3 is 5.32 Å². The number of nitrogens with zero attached hydrogens (tertiary/aromatic N) is 1. The van der Waals surface area contributed by atoms with Crippen LogP contribution in [0.2, 0.25) is 0 Å². The predicted octanol–water partition coefficient (Wildman–Crippen LogP) is 2.31. The number of hydrogen-bond acceptors (Lipinski definition) is 2. The largest absolute Gasteiger partial charge is 0.352 e. The van der Waals surface area contributed by atoms with Crippen LogP contribution < -0.4 is 5.32 Å². The Bertz CT molecular complexity index is 392. The van der Waals surface area contributed by atoms with Crippen LogP contribution in [-0.4, -0.2) is 17.8 Å². The molecule has 1 amide bonds. The molecule has 0 saturated carbocycles. The van der Waals surface area contributed by atoms with E-state index in [1.807, 2.05) is 13.0 Å². The summed E-state index contributed by atoms with van der Waals surface area (Å²) in [6.07, 6.45) is 0.740. The van der Waals surface area contributed by atoms with Gasteiger partial charge in [-0.15, -0.1) is 11.6 Å². The maximum Gasteiger partial charge on any atom is 0.251 e. The fraction of sp³-hybridized carbons (Fsp3) is 0.333. The predicted molar refractivity (Wildman–Crippen MR) is 63.4 cm³/mol. The minimum atomic E-state index is -0.137. The van der Waals surface area contributed by atoms with Gasteiger partial charge in [0.1, 0.15) is 0 Å². The standard InChI is InChI=1S/C12H13ClN2O/c1-9(13)6-7-15-12(16)11-4-2-10(8-14)3-5-11/h2-5,9H,6-7H2,1H3,(H,15,16). The van der Waals surface area contributed by atoms with E-state index < -0.39 is 0 Å². The van der Waals surface area contributed by atoms with E-state index in [0.29, 0.717) is 17.7 Å². The van der Waals surface area contributed by atoms with Crippen molar-refractivity contribution in [2.24, 2.45) is 0 Å². The van der Waals surface area contributed by atoms with Gasteiger partial charge in [0.15, 0.2) is 0 Å². The van der Waals surface area contributed by atoms with Crippen LogP contribution in [0.4, 0.5) is 0 Å². The van der Waals surface area contributed by atoms with Crippen LogP contribution in [0.15, 0.2) is 24.3 Å². The minimum absolute atomic E-state index is 0.0567. The molecule has 1 atom stereocenters. The first-order valence-corrected chi connectivity index (χ1v) is 5.49. The lowest BCUT2D eigenvalue weighted by atomic mass is 10.1. The molecule has 0 aliphatic rings. The molecule has 0 radical (unpaired) electrons. The van der Waals surface area contributed by atoms with Crippen LogP contribution in [0, 0.1) is 11.3 Å². The van der Waals surface area contributed by atoms with Gasteiger partial charge in [-0.05, 0) is 37.6 Å². The molecule has 3 nitrogen and oxygen atoms in total. The molecule has 16 heavy (non-hydrogen) atoms. The number of halogens is 1. The van der Waals surface area contributed by atoms with Gasteiger partial charge in [-0.1, -0.05) is 0 Å². The van der Waals surface area contributed by atoms with Gasteiger partial charge in [0.2, 0.25) is 0 Å². The van der Waals surface area contributed by atoms with Crippen LogP contribution in [-0.2, 0) is 0 Å². The highest BCUT2D eigenvalue weighted by atomic mass is 35.5. The molecule has 1 unspecified atom stereocenters. The molecule has 1 aromatic carbocycles. The van der Waals surface area contributed by atoms with Gasteiger partial charge in [0.25, 0.3) is 5.91 Å². The number of carbonyl (C=O) groups is 1. The highest BCUT2D eigenvalue weighted by molar-refractivity contribution is 6.20. The zero-order valence-corrected chi connectivity index (χ0v) is 9.79. The first kappa shape index (κ1) is 12.5. The Balaban J connectivity index is 2.50. The van der Waals surface area contributed by atoms with E-state index in [4.69, 9.17) is 16.9 Å². The van der Waals surface area contributed by atoms with Gasteiger partial charge >= 0.3 is 0 Å². The summed E-state index contributed by atoms with van der Waals surface area (Å²) in [7, 11) is 0. The van der Waals surface area contributed by atoms with Crippen molar-refractivity contribution in [2.45, 2.75) is 18.7 Å². The van der Waals surface area contributed by atoms with Gasteiger partial charge in [-0.25, -0.2) is 0 Å². The van der Waals surface area contributed by atoms with Crippen LogP contribution in [0.1, 0.15) is 29.3 Å². The number of nitriles is 1. The first-order valence-electron chi connectivity index (χ1n) is 5.06. The minimum Gasteiger partial charge on any atom is -0.352 e. The lowest BCUT2D eigenvalue weighted by molar-refractivity contribution is 0.0953. The van der Waals surface area contributed by atoms with Crippen LogP contribution in [0.3, 0.4) is 0 Å². The molecule has 0 aromatic heterocycles. The van der Waals surface area contributed by atoms with Crippen molar-refractivity contribution >= 4 is 17.5 Å². The second-order valence-electron chi connectivity index (χ2n) is 3.51. The number of benzene rings is 1. The lowest BCUT2D eigenvalue weighted by Gasteiger charge is -2.06. The Hall–Kier alpha value is -1.53. The second-order valence-corrected chi connectivity index (χ2v) is 4.26. The fourth-order valence-corrected chi connectivity index (χ4v) is 1.29. The molecule has 0 bridgehead atoms. The van der Waals surface area contributed by atoms with E-state index in [-0.39, 0.29) is 11.3 Å². The fourth-order valence-electron chi connectivity index (χ4n) is 1.18. The number of hydrogen-bond donors (Lipinski definition) is 1. The Morgan fingerprint density at radius 3 is 2.62 bits per heavy atom. The molecule has 0 saturated heterocycles. The average molecular weight is 237 g/mol. The molecular formula is C12H13ClN2O. The van der Waals surface area contributed by atoms with Crippen molar-refractivity contribution in [3.05, 3.63) is 35.4 Å². The van der Waals surface area contributed by atoms with Gasteiger partial charge in [0, 0.05) is 17.5 Å². The molecule has 1 rings (SSSR count). The van der Waals surface area contributed by atoms with Crippen molar-refractivity contribution < 1.29 is 4.79 Å². The van der Waals surface area contributed by atoms with Crippen LogP contribution >= 0.6 is 11.6 Å². The summed E-state index contributed by atoms with van der Waals surface area (Å²) in [6, 6.07) is 8.52. The van der Waals surface area contributed by atoms with Gasteiger partial charge in [0.05, 0.1) is 11.6 Å². The third kappa shape index (κ3) is 3.92. The number of rotatable bonds is 4. The zero-order chi connectivity index (χ0) is 12.0. The van der Waals surface area contributed by atoms with Crippen molar-refractivity contribution in [3.63, 3.8) is 0 Å². The Kier molecular flexibility index (Phi) is 4.81. The first-order chi connectivity index (χ1) is 7.63. The van der Waals surface area contributed by atoms with Crippen molar-refractivity contribution in [2.75, 3.05) is 6.54 Å². The van der Waals surface area contributed by atoms with Crippen molar-refractivity contribution in [1.82, 2.24) is 5.32 Å². The van der Waals surface area contributed by atoms with Crippen LogP contribution in [0.25, 0.3) is 0 Å². The number of carbonyl (C=O) groups excluding carboxylic acids is 1. The van der Waals surface area contributed by atoms with E-state index in [0.717, 1.165) is 6.42 Å². The molecule has 0 aliphatic heterocycles. The normalized spacial score (nSPS) is 11.6. The molecule has 0 heterocycles. The number of alkyl halides is 1. The average Bonchev–Trinajstić information content (AvgIpc) is 2.28. The molecule has 1 aromatic rings. The highest BCUT2D eigenvalue weighted by Crippen LogP contribution is 2.03. The summed E-state index contributed by atoms with van der Waals surface area (Å²) in [6.45, 7) is 2.44. The van der Waals surface area contributed by atoms with E-state index in [2.05, 4.69) is 5.32 Å². The number of nitrogens with one attached hydrogen (secondary N) is 1. The quantitative estimate of drug-likeness (QED) is 0.816. The summed E-state index contributed by atoms with van der Waals surface area (Å²) >= 11 is 5.76. The SMILES string of the molecule is CC(Cl)CCNC(=O)c1ccc(C#N)cc1. The maximum absolute atomic E-state index is 11.6. The molecule has 4 heteroatoms. The van der Waals surface area contributed by atoms with Crippen molar-refractivity contribution in [1.29, 1.82) is 5.26 Å². The number of amides is 1. The maximum atomic E-state index is 11.6. The van der Waals surface area contributed by atoms with E-state index >= 15 is 0 Å². The molecular weight excluding hydrogens is 224 g/mol. The van der Waals surface area contributed by atoms with E-state index in [9.17, 15) is 4.79 Å². The second kappa shape index (κ2) is 6.14. The Morgan fingerprint density at radius 2 is 2.12 bits per heavy atom. The topological polar surface area (TPSA) is 52.9 Å². The van der Waals surface area contributed by atoms with E-state index in [1.165, 1.54) is 0 Å². The van der Waals surface area contributed by atoms with E-state index in [1.54, 1.807) is 24.3 Å². The monoisotopic (exact) mass is 236 g/mol. The van der Waals surface area contributed by atoms with Gasteiger partial charge in [-0.3, -0.25) is 4.79 Å². The molecule has 0 aliphatic carbocycles. The molecule has 0 spiro atoms. The molecule has 84 valence electrons. The third-order valence-electron chi connectivity index (χ3n) is 2.10. The van der Waals surface area contributed by atoms with Crippen molar-refractivity contribution in [3.8, 4) is 6.07 Å². The van der Waals surface area contributed by atoms with Crippen LogP contribution in [0.5, 0.6) is 0 Å². The molecule has 0 fully saturated rings. The summed E-state index contributed by atoms with van der Waals surface area (Å²) in [5.74, 6) is -0.137. The summed E-state index contributed by atoms with van der Waals surface area (Å²) in [4.78, 5) is 11.6. The summed E-state index contributed by atoms with van der Waals surface area (Å²) in [5, 5.41) is 11.4. The lowest BCUT2D eigenvalue weighted by Crippen LogP contribution is -2.25. The molecule has 1 N–H and O–H groups in total.